The maximum Gasteiger partial charge on any atom is 0.247 e. The molecule has 2 aliphatic heterocycles. The van der Waals surface area contributed by atoms with Crippen LogP contribution in [0.5, 0.6) is 0 Å². The first-order chi connectivity index (χ1) is 9.17. The van der Waals surface area contributed by atoms with Gasteiger partial charge in [-0.15, -0.1) is 0 Å². The van der Waals surface area contributed by atoms with E-state index < -0.39 is 0 Å². The van der Waals surface area contributed by atoms with Gasteiger partial charge in [0.2, 0.25) is 11.8 Å². The number of nitrogens with one attached hydrogen (secondary N) is 1. The largest absolute Gasteiger partial charge is 0.302 e. The fourth-order valence-corrected chi connectivity index (χ4v) is 4.06. The third kappa shape index (κ3) is 3.31. The Hall–Kier alpha value is -0.550. The highest BCUT2D eigenvalue weighted by atomic mass is 32.2. The van der Waals surface area contributed by atoms with E-state index in [0.29, 0.717) is 12.5 Å². The zero-order valence-electron chi connectivity index (χ0n) is 11.9. The summed E-state index contributed by atoms with van der Waals surface area (Å²) in [6.07, 6.45) is 4.36. The van der Waals surface area contributed by atoms with E-state index in [9.17, 15) is 9.59 Å². The van der Waals surface area contributed by atoms with Crippen molar-refractivity contribution in [3.63, 3.8) is 0 Å². The summed E-state index contributed by atoms with van der Waals surface area (Å²) >= 11 is 1.93. The number of imide groups is 1. The summed E-state index contributed by atoms with van der Waals surface area (Å²) in [5, 5.41) is 3.40. The molecule has 0 aromatic carbocycles. The van der Waals surface area contributed by atoms with Crippen molar-refractivity contribution in [2.75, 3.05) is 11.5 Å². The van der Waals surface area contributed by atoms with Crippen LogP contribution >= 0.6 is 11.8 Å². The highest BCUT2D eigenvalue weighted by Crippen LogP contribution is 2.23. The average molecular weight is 284 g/mol. The van der Waals surface area contributed by atoms with Gasteiger partial charge in [-0.3, -0.25) is 14.5 Å². The van der Waals surface area contributed by atoms with Crippen LogP contribution < -0.4 is 5.32 Å². The normalized spacial score (nSPS) is 28.5. The molecule has 0 spiro atoms. The van der Waals surface area contributed by atoms with Gasteiger partial charge >= 0.3 is 0 Å². The second kappa shape index (κ2) is 6.75. The zero-order valence-corrected chi connectivity index (χ0v) is 12.7. The summed E-state index contributed by atoms with van der Waals surface area (Å²) in [5.74, 6) is 2.27. The molecule has 4 nitrogen and oxygen atoms in total. The number of hydrogen-bond acceptors (Lipinski definition) is 4. The molecular weight excluding hydrogens is 260 g/mol. The minimum atomic E-state index is -0.281. The van der Waals surface area contributed by atoms with Gasteiger partial charge in [0, 0.05) is 17.8 Å². The Morgan fingerprint density at radius 2 is 2.11 bits per heavy atom. The highest BCUT2D eigenvalue weighted by Gasteiger charge is 2.41. The average Bonchev–Trinajstić information content (AvgIpc) is 2.69. The third-order valence-electron chi connectivity index (χ3n) is 4.09. The number of amides is 2. The van der Waals surface area contributed by atoms with Gasteiger partial charge in [-0.05, 0) is 31.4 Å². The van der Waals surface area contributed by atoms with Crippen LogP contribution in [-0.2, 0) is 9.59 Å². The number of likely N-dealkylation sites (tertiary alicyclic amines) is 1. The lowest BCUT2D eigenvalue weighted by molar-refractivity contribution is -0.141. The second-order valence-corrected chi connectivity index (χ2v) is 6.56. The molecule has 2 amide bonds. The SMILES string of the molecule is CCC(CC)N1C(=O)CC(NC2CCCSC2)C1=O. The number of carbonyl (C=O) groups excluding carboxylic acids is 2. The van der Waals surface area contributed by atoms with E-state index in [1.807, 2.05) is 25.6 Å². The number of thioether (sulfide) groups is 1. The number of carbonyl (C=O) groups is 2. The Morgan fingerprint density at radius 3 is 2.68 bits per heavy atom. The Balaban J connectivity index is 1.96. The van der Waals surface area contributed by atoms with Gasteiger partial charge in [0.15, 0.2) is 0 Å². The molecule has 19 heavy (non-hydrogen) atoms. The molecular formula is C14H24N2O2S. The summed E-state index contributed by atoms with van der Waals surface area (Å²) in [5.41, 5.74) is 0. The molecule has 0 aliphatic carbocycles. The van der Waals surface area contributed by atoms with Crippen LogP contribution in [0.15, 0.2) is 0 Å². The van der Waals surface area contributed by atoms with E-state index in [0.717, 1.165) is 25.0 Å². The van der Waals surface area contributed by atoms with E-state index in [2.05, 4.69) is 5.32 Å². The fraction of sp³-hybridized carbons (Fsp3) is 0.857. The first kappa shape index (κ1) is 14.9. The lowest BCUT2D eigenvalue weighted by atomic mass is 10.1. The van der Waals surface area contributed by atoms with Gasteiger partial charge in [-0.25, -0.2) is 0 Å². The number of rotatable bonds is 5. The Labute approximate surface area is 119 Å². The molecule has 2 saturated heterocycles. The van der Waals surface area contributed by atoms with Crippen molar-refractivity contribution in [2.24, 2.45) is 0 Å². The van der Waals surface area contributed by atoms with Crippen molar-refractivity contribution < 1.29 is 9.59 Å². The van der Waals surface area contributed by atoms with Gasteiger partial charge in [0.05, 0.1) is 12.5 Å². The van der Waals surface area contributed by atoms with Crippen molar-refractivity contribution in [3.05, 3.63) is 0 Å². The molecule has 0 aromatic rings. The minimum absolute atomic E-state index is 0.000312. The summed E-state index contributed by atoms with van der Waals surface area (Å²) in [6.45, 7) is 4.07. The summed E-state index contributed by atoms with van der Waals surface area (Å²) < 4.78 is 0. The standard InChI is InChI=1S/C14H24N2O2S/c1-3-11(4-2)16-13(17)8-12(14(16)18)15-10-6-5-7-19-9-10/h10-12,15H,3-9H2,1-2H3. The van der Waals surface area contributed by atoms with Gasteiger partial charge < -0.3 is 5.32 Å². The Morgan fingerprint density at radius 1 is 1.37 bits per heavy atom. The first-order valence-corrected chi connectivity index (χ1v) is 8.52. The van der Waals surface area contributed by atoms with Crippen LogP contribution in [0, 0.1) is 0 Å². The van der Waals surface area contributed by atoms with Gasteiger partial charge in [0.25, 0.3) is 0 Å². The van der Waals surface area contributed by atoms with Crippen LogP contribution in [0.1, 0.15) is 46.0 Å². The predicted octanol–water partition coefficient (Wildman–Crippen LogP) is 1.79. The molecule has 2 heterocycles. The molecule has 2 unspecified atom stereocenters. The predicted molar refractivity (Wildman–Crippen MR) is 78.1 cm³/mol. The van der Waals surface area contributed by atoms with Crippen LogP contribution in [-0.4, -0.2) is 46.3 Å². The Kier molecular flexibility index (Phi) is 5.28. The summed E-state index contributed by atoms with van der Waals surface area (Å²) in [7, 11) is 0. The van der Waals surface area contributed by atoms with Gasteiger partial charge in [-0.2, -0.15) is 11.8 Å². The van der Waals surface area contributed by atoms with E-state index in [4.69, 9.17) is 0 Å². The van der Waals surface area contributed by atoms with E-state index in [-0.39, 0.29) is 23.9 Å². The molecule has 2 aliphatic rings. The second-order valence-electron chi connectivity index (χ2n) is 5.41. The highest BCUT2D eigenvalue weighted by molar-refractivity contribution is 7.99. The van der Waals surface area contributed by atoms with E-state index in [1.54, 1.807) is 0 Å². The quantitative estimate of drug-likeness (QED) is 0.782. The molecule has 5 heteroatoms. The maximum atomic E-state index is 12.4. The monoisotopic (exact) mass is 284 g/mol. The molecule has 0 saturated carbocycles. The van der Waals surface area contributed by atoms with Crippen molar-refractivity contribution >= 4 is 23.6 Å². The fourth-order valence-electron chi connectivity index (χ4n) is 2.98. The first-order valence-electron chi connectivity index (χ1n) is 7.37. The molecule has 2 atom stereocenters. The molecule has 0 radical (unpaired) electrons. The zero-order chi connectivity index (χ0) is 13.8. The number of hydrogen-bond donors (Lipinski definition) is 1. The summed E-state index contributed by atoms with van der Waals surface area (Å²) in [6, 6.07) is 0.187. The topological polar surface area (TPSA) is 49.4 Å². The van der Waals surface area contributed by atoms with Crippen molar-refractivity contribution in [2.45, 2.75) is 64.1 Å². The maximum absolute atomic E-state index is 12.4. The summed E-state index contributed by atoms with van der Waals surface area (Å²) in [4.78, 5) is 25.9. The van der Waals surface area contributed by atoms with Gasteiger partial charge in [-0.1, -0.05) is 13.8 Å². The molecule has 0 bridgehead atoms. The molecule has 2 rings (SSSR count). The van der Waals surface area contributed by atoms with Crippen molar-refractivity contribution in [1.29, 1.82) is 0 Å². The number of nitrogens with zero attached hydrogens (tertiary/aromatic N) is 1. The van der Waals surface area contributed by atoms with Crippen molar-refractivity contribution in [1.82, 2.24) is 10.2 Å². The lowest BCUT2D eigenvalue weighted by Gasteiger charge is -2.27. The smallest absolute Gasteiger partial charge is 0.247 e. The minimum Gasteiger partial charge on any atom is -0.302 e. The lowest BCUT2D eigenvalue weighted by Crippen LogP contribution is -2.47. The molecule has 108 valence electrons. The van der Waals surface area contributed by atoms with E-state index in [1.165, 1.54) is 17.1 Å². The van der Waals surface area contributed by atoms with Crippen LogP contribution in [0.25, 0.3) is 0 Å². The van der Waals surface area contributed by atoms with Gasteiger partial charge in [0.1, 0.15) is 0 Å². The Bertz CT molecular complexity index is 338. The molecule has 1 N–H and O–H groups in total. The third-order valence-corrected chi connectivity index (χ3v) is 5.30. The molecule has 0 aromatic heterocycles. The molecule has 2 fully saturated rings. The van der Waals surface area contributed by atoms with Crippen LogP contribution in [0.2, 0.25) is 0 Å². The van der Waals surface area contributed by atoms with E-state index >= 15 is 0 Å². The van der Waals surface area contributed by atoms with Crippen LogP contribution in [0.4, 0.5) is 0 Å². The van der Waals surface area contributed by atoms with Crippen LogP contribution in [0.3, 0.4) is 0 Å². The van der Waals surface area contributed by atoms with Crippen molar-refractivity contribution in [3.8, 4) is 0 Å².